The molecule has 1 aromatic carbocycles. The summed E-state index contributed by atoms with van der Waals surface area (Å²) in [5, 5.41) is 0.577. The first-order valence-corrected chi connectivity index (χ1v) is 6.67. The molecule has 0 bridgehead atoms. The lowest BCUT2D eigenvalue weighted by molar-refractivity contribution is 0.0995. The van der Waals surface area contributed by atoms with Crippen molar-refractivity contribution in [2.24, 2.45) is 5.73 Å². The molecule has 92 valence electrons. The fourth-order valence-corrected chi connectivity index (χ4v) is 2.37. The summed E-state index contributed by atoms with van der Waals surface area (Å²) in [6.07, 6.45) is 0. The lowest BCUT2D eigenvalue weighted by Crippen LogP contribution is -2.13. The van der Waals surface area contributed by atoms with Crippen molar-refractivity contribution < 1.29 is 4.79 Å². The van der Waals surface area contributed by atoms with Gasteiger partial charge in [0, 0.05) is 9.37 Å². The summed E-state index contributed by atoms with van der Waals surface area (Å²) < 4.78 is 0.999. The minimum absolute atomic E-state index is 0.212. The summed E-state index contributed by atoms with van der Waals surface area (Å²) in [5.41, 5.74) is 11.7. The molecule has 6 heteroatoms. The van der Waals surface area contributed by atoms with Crippen molar-refractivity contribution in [3.05, 3.63) is 46.6 Å². The van der Waals surface area contributed by atoms with Gasteiger partial charge in [-0.25, -0.2) is 4.98 Å². The van der Waals surface area contributed by atoms with E-state index in [-0.39, 0.29) is 5.69 Å². The van der Waals surface area contributed by atoms with Gasteiger partial charge in [-0.1, -0.05) is 27.7 Å². The highest BCUT2D eigenvalue weighted by molar-refractivity contribution is 9.10. The Labute approximate surface area is 117 Å². The van der Waals surface area contributed by atoms with Crippen LogP contribution < -0.4 is 11.5 Å². The topological polar surface area (TPSA) is 82.0 Å². The highest BCUT2D eigenvalue weighted by Gasteiger charge is 2.08. The summed E-state index contributed by atoms with van der Waals surface area (Å²) in [6.45, 7) is 0. The van der Waals surface area contributed by atoms with Gasteiger partial charge in [0.2, 0.25) is 0 Å². The van der Waals surface area contributed by atoms with E-state index < -0.39 is 5.91 Å². The molecule has 1 aromatic heterocycles. The number of aromatic nitrogens is 1. The van der Waals surface area contributed by atoms with Crippen LogP contribution >= 0.6 is 27.7 Å². The third-order valence-corrected chi connectivity index (χ3v) is 3.73. The van der Waals surface area contributed by atoms with E-state index in [2.05, 4.69) is 20.9 Å². The van der Waals surface area contributed by atoms with Gasteiger partial charge in [-0.15, -0.1) is 0 Å². The van der Waals surface area contributed by atoms with E-state index in [4.69, 9.17) is 11.5 Å². The fourth-order valence-electron chi connectivity index (χ4n) is 1.28. The molecule has 0 spiro atoms. The molecule has 18 heavy (non-hydrogen) atoms. The maximum absolute atomic E-state index is 11.1. The normalized spacial score (nSPS) is 10.3. The lowest BCUT2D eigenvalue weighted by atomic mass is 10.3. The van der Waals surface area contributed by atoms with E-state index in [0.29, 0.717) is 10.7 Å². The first-order chi connectivity index (χ1) is 8.56. The quantitative estimate of drug-likeness (QED) is 0.909. The van der Waals surface area contributed by atoms with Gasteiger partial charge < -0.3 is 11.5 Å². The smallest absolute Gasteiger partial charge is 0.267 e. The second-order valence-corrected chi connectivity index (χ2v) is 5.49. The molecule has 0 aliphatic rings. The highest BCUT2D eigenvalue weighted by Crippen LogP contribution is 2.31. The van der Waals surface area contributed by atoms with Gasteiger partial charge in [0.05, 0.1) is 5.69 Å². The number of nitrogens with two attached hydrogens (primary N) is 2. The molecule has 1 amide bonds. The number of anilines is 1. The van der Waals surface area contributed by atoms with Crippen LogP contribution in [0.1, 0.15) is 10.5 Å². The number of hydrogen-bond acceptors (Lipinski definition) is 4. The number of hydrogen-bond donors (Lipinski definition) is 2. The Hall–Kier alpha value is -1.53. The summed E-state index contributed by atoms with van der Waals surface area (Å²) >= 11 is 4.76. The standard InChI is InChI=1S/C12H10BrN3OS/c13-7-1-3-8(4-2-7)18-12-9(14)5-6-10(16-12)11(15)17/h1-6H,14H2,(H2,15,17). The number of carbonyl (C=O) groups is 1. The fraction of sp³-hybridized carbons (Fsp3) is 0. The minimum atomic E-state index is -0.562. The number of nitrogen functional groups attached to an aromatic ring is 1. The number of carbonyl (C=O) groups excluding carboxylic acids is 1. The maximum atomic E-state index is 11.1. The average molecular weight is 324 g/mol. The molecule has 0 atom stereocenters. The van der Waals surface area contributed by atoms with Crippen molar-refractivity contribution in [3.8, 4) is 0 Å². The minimum Gasteiger partial charge on any atom is -0.397 e. The largest absolute Gasteiger partial charge is 0.397 e. The molecule has 0 saturated carbocycles. The predicted molar refractivity (Wildman–Crippen MR) is 75.4 cm³/mol. The van der Waals surface area contributed by atoms with Crippen molar-refractivity contribution in [3.63, 3.8) is 0 Å². The van der Waals surface area contributed by atoms with E-state index in [1.165, 1.54) is 17.8 Å². The van der Waals surface area contributed by atoms with Crippen LogP contribution in [0.2, 0.25) is 0 Å². The molecule has 0 radical (unpaired) electrons. The SMILES string of the molecule is NC(=O)c1ccc(N)c(Sc2ccc(Br)cc2)n1. The molecule has 4 N–H and O–H groups in total. The molecule has 2 aromatic rings. The number of pyridine rings is 1. The van der Waals surface area contributed by atoms with Gasteiger partial charge in [0.15, 0.2) is 0 Å². The van der Waals surface area contributed by atoms with Gasteiger partial charge in [0.1, 0.15) is 10.7 Å². The Kier molecular flexibility index (Phi) is 3.88. The van der Waals surface area contributed by atoms with Crippen molar-refractivity contribution in [2.75, 3.05) is 5.73 Å². The number of halogens is 1. The van der Waals surface area contributed by atoms with Gasteiger partial charge in [-0.2, -0.15) is 0 Å². The van der Waals surface area contributed by atoms with Crippen LogP contribution in [0.5, 0.6) is 0 Å². The summed E-state index contributed by atoms with van der Waals surface area (Å²) in [5.74, 6) is -0.562. The monoisotopic (exact) mass is 323 g/mol. The number of rotatable bonds is 3. The van der Waals surface area contributed by atoms with Gasteiger partial charge in [-0.3, -0.25) is 4.79 Å². The second kappa shape index (κ2) is 5.41. The second-order valence-electron chi connectivity index (χ2n) is 3.51. The molecular formula is C12H10BrN3OS. The van der Waals surface area contributed by atoms with E-state index >= 15 is 0 Å². The predicted octanol–water partition coefficient (Wildman–Crippen LogP) is 2.68. The van der Waals surface area contributed by atoms with E-state index in [9.17, 15) is 4.79 Å². The maximum Gasteiger partial charge on any atom is 0.267 e. The van der Waals surface area contributed by atoms with Gasteiger partial charge in [-0.05, 0) is 36.4 Å². The highest BCUT2D eigenvalue weighted by atomic mass is 79.9. The molecule has 2 rings (SSSR count). The average Bonchev–Trinajstić information content (AvgIpc) is 2.34. The Morgan fingerprint density at radius 3 is 2.44 bits per heavy atom. The van der Waals surface area contributed by atoms with Crippen molar-refractivity contribution >= 4 is 39.3 Å². The third kappa shape index (κ3) is 3.02. The number of amides is 1. The van der Waals surface area contributed by atoms with E-state index in [0.717, 1.165) is 9.37 Å². The zero-order valence-electron chi connectivity index (χ0n) is 9.26. The zero-order chi connectivity index (χ0) is 13.1. The molecule has 4 nitrogen and oxygen atoms in total. The molecule has 0 aliphatic heterocycles. The van der Waals surface area contributed by atoms with Crippen LogP contribution in [0.25, 0.3) is 0 Å². The Morgan fingerprint density at radius 2 is 1.83 bits per heavy atom. The molecule has 0 saturated heterocycles. The molecule has 0 aliphatic carbocycles. The first-order valence-electron chi connectivity index (χ1n) is 5.06. The van der Waals surface area contributed by atoms with E-state index in [1.807, 2.05) is 24.3 Å². The van der Waals surface area contributed by atoms with E-state index in [1.54, 1.807) is 6.07 Å². The summed E-state index contributed by atoms with van der Waals surface area (Å²) in [7, 11) is 0. The number of benzene rings is 1. The third-order valence-electron chi connectivity index (χ3n) is 2.17. The molecule has 0 fully saturated rings. The summed E-state index contributed by atoms with van der Waals surface area (Å²) in [6, 6.07) is 10.9. The molecule has 0 unspecified atom stereocenters. The van der Waals surface area contributed by atoms with Crippen molar-refractivity contribution in [1.82, 2.24) is 4.98 Å². The van der Waals surface area contributed by atoms with Crippen LogP contribution in [0.3, 0.4) is 0 Å². The Bertz CT molecular complexity index is 586. The Balaban J connectivity index is 2.30. The zero-order valence-corrected chi connectivity index (χ0v) is 11.7. The van der Waals surface area contributed by atoms with Crippen LogP contribution in [-0.2, 0) is 0 Å². The number of nitrogens with zero attached hydrogens (tertiary/aromatic N) is 1. The van der Waals surface area contributed by atoms with Crippen LogP contribution in [0, 0.1) is 0 Å². The van der Waals surface area contributed by atoms with Crippen LogP contribution in [0.4, 0.5) is 5.69 Å². The van der Waals surface area contributed by atoms with Crippen LogP contribution in [-0.4, -0.2) is 10.9 Å². The Morgan fingerprint density at radius 1 is 1.17 bits per heavy atom. The first kappa shape index (κ1) is 12.9. The van der Waals surface area contributed by atoms with Crippen LogP contribution in [0.15, 0.2) is 50.8 Å². The summed E-state index contributed by atoms with van der Waals surface area (Å²) in [4.78, 5) is 16.2. The van der Waals surface area contributed by atoms with Gasteiger partial charge >= 0.3 is 0 Å². The molecular weight excluding hydrogens is 314 g/mol. The number of primary amides is 1. The van der Waals surface area contributed by atoms with Gasteiger partial charge in [0.25, 0.3) is 5.91 Å². The van der Waals surface area contributed by atoms with Crippen molar-refractivity contribution in [1.29, 1.82) is 0 Å². The van der Waals surface area contributed by atoms with Crippen molar-refractivity contribution in [2.45, 2.75) is 9.92 Å². The molecule has 1 heterocycles. The lowest BCUT2D eigenvalue weighted by Gasteiger charge is -2.05.